The van der Waals surface area contributed by atoms with Crippen molar-refractivity contribution in [3.8, 4) is 0 Å². The van der Waals surface area contributed by atoms with Crippen LogP contribution in [0.2, 0.25) is 0 Å². The van der Waals surface area contributed by atoms with Crippen molar-refractivity contribution >= 4 is 40.9 Å². The minimum Gasteiger partial charge on any atom is -0.465 e. The summed E-state index contributed by atoms with van der Waals surface area (Å²) in [7, 11) is 0. The van der Waals surface area contributed by atoms with E-state index in [9.17, 15) is 19.5 Å². The Labute approximate surface area is 254 Å². The van der Waals surface area contributed by atoms with E-state index in [2.05, 4.69) is 30.9 Å². The molecule has 1 N–H and O–H groups in total. The molecule has 4 aliphatic rings. The second-order valence-electron chi connectivity index (χ2n) is 12.1. The number of aliphatic hydroxyl groups excluding tert-OH is 1. The van der Waals surface area contributed by atoms with Gasteiger partial charge in [-0.05, 0) is 63.8 Å². The van der Waals surface area contributed by atoms with Crippen LogP contribution in [0.25, 0.3) is 0 Å². The zero-order chi connectivity index (χ0) is 30.2. The number of carbonyl (C=O) groups is 3. The zero-order valence-corrected chi connectivity index (χ0v) is 26.3. The second kappa shape index (κ2) is 12.1. The summed E-state index contributed by atoms with van der Waals surface area (Å²) in [6, 6.07) is 6.58. The topological polar surface area (TPSA) is 90.4 Å². The van der Waals surface area contributed by atoms with Gasteiger partial charge in [-0.1, -0.05) is 44.6 Å². The number of ether oxygens (including phenoxy) is 1. The van der Waals surface area contributed by atoms with Crippen LogP contribution >= 0.6 is 11.8 Å². The summed E-state index contributed by atoms with van der Waals surface area (Å²) in [5.41, 5.74) is 1.85. The highest BCUT2D eigenvalue weighted by atomic mass is 32.2. The third kappa shape index (κ3) is 4.86. The first-order chi connectivity index (χ1) is 20.2. The van der Waals surface area contributed by atoms with Crippen LogP contribution in [0.3, 0.4) is 0 Å². The van der Waals surface area contributed by atoms with Gasteiger partial charge in [0.15, 0.2) is 0 Å². The molecule has 4 heterocycles. The number of carbonyl (C=O) groups excluding carboxylic acids is 3. The first-order valence-corrected chi connectivity index (χ1v) is 16.3. The Kier molecular flexibility index (Phi) is 8.82. The van der Waals surface area contributed by atoms with Crippen LogP contribution in [-0.2, 0) is 19.1 Å². The van der Waals surface area contributed by atoms with Gasteiger partial charge in [-0.25, -0.2) is 0 Å². The molecule has 2 fully saturated rings. The van der Waals surface area contributed by atoms with Crippen LogP contribution in [0, 0.1) is 17.8 Å². The molecular weight excluding hydrogens is 550 g/mol. The van der Waals surface area contributed by atoms with Crippen molar-refractivity contribution in [1.29, 1.82) is 0 Å². The second-order valence-corrected chi connectivity index (χ2v) is 13.9. The van der Waals surface area contributed by atoms with Crippen molar-refractivity contribution < 1.29 is 24.2 Å². The fourth-order valence-electron chi connectivity index (χ4n) is 7.41. The van der Waals surface area contributed by atoms with E-state index in [0.717, 1.165) is 43.7 Å². The molecule has 8 nitrogen and oxygen atoms in total. The van der Waals surface area contributed by atoms with E-state index in [1.807, 2.05) is 57.2 Å². The van der Waals surface area contributed by atoms with Crippen LogP contribution in [-0.4, -0.2) is 82.2 Å². The highest BCUT2D eigenvalue weighted by Gasteiger charge is 2.74. The number of amides is 2. The number of rotatable bonds is 8. The lowest BCUT2D eigenvalue weighted by Crippen LogP contribution is -2.58. The number of cyclic esters (lactones) is 1. The average Bonchev–Trinajstić information content (AvgIpc) is 3.33. The maximum Gasteiger partial charge on any atom is 0.311 e. The molecule has 5 rings (SSSR count). The Bertz CT molecular complexity index is 1250. The molecule has 42 heavy (non-hydrogen) atoms. The van der Waals surface area contributed by atoms with Gasteiger partial charge in [-0.3, -0.25) is 14.4 Å². The number of esters is 1. The lowest BCUT2D eigenvalue weighted by atomic mass is 9.74. The third-order valence-electron chi connectivity index (χ3n) is 9.82. The molecule has 228 valence electrons. The molecule has 1 aromatic carbocycles. The van der Waals surface area contributed by atoms with Gasteiger partial charge in [-0.2, -0.15) is 0 Å². The number of fused-ring (bicyclic) bond motifs is 2. The summed E-state index contributed by atoms with van der Waals surface area (Å²) in [6.07, 6.45) is 10.4. The van der Waals surface area contributed by atoms with E-state index in [1.54, 1.807) is 21.6 Å². The van der Waals surface area contributed by atoms with Crippen molar-refractivity contribution in [2.24, 2.45) is 17.8 Å². The Morgan fingerprint density at radius 1 is 1.05 bits per heavy atom. The monoisotopic (exact) mass is 595 g/mol. The maximum atomic E-state index is 14.8. The maximum absolute atomic E-state index is 14.8. The summed E-state index contributed by atoms with van der Waals surface area (Å²) >= 11 is 1.54. The Balaban J connectivity index is 1.63. The normalized spacial score (nSPS) is 33.0. The fourth-order valence-corrected chi connectivity index (χ4v) is 9.55. The van der Waals surface area contributed by atoms with Crippen molar-refractivity contribution in [2.75, 3.05) is 42.6 Å². The third-order valence-corrected chi connectivity index (χ3v) is 11.6. The standard InChI is InChI=1S/C33H45N3O5S/c1-6-22(4)25(21-37)36-28-30(39)35(24-15-13-23(14-16-24)34(7-2)8-3)19-12-18-33(28)26(29(36)38)27-31(40)41-20-11-9-10-17-32(27,5)42-33/h10,12-18,22,25-28,37H,6-9,11,19-21H2,1-5H3/b17-10-/t22-,25-,26-,27-,28?,32+,33-/m0/s1. The molecule has 2 saturated heterocycles. The van der Waals surface area contributed by atoms with Crippen molar-refractivity contribution in [3.05, 3.63) is 48.6 Å². The smallest absolute Gasteiger partial charge is 0.311 e. The van der Waals surface area contributed by atoms with Gasteiger partial charge in [0.2, 0.25) is 5.91 Å². The minimum atomic E-state index is -0.979. The number of likely N-dealkylation sites (tertiary alicyclic amines) is 1. The van der Waals surface area contributed by atoms with Crippen LogP contribution < -0.4 is 9.80 Å². The lowest BCUT2D eigenvalue weighted by molar-refractivity contribution is -0.154. The largest absolute Gasteiger partial charge is 0.465 e. The quantitative estimate of drug-likeness (QED) is 0.352. The molecule has 0 radical (unpaired) electrons. The molecule has 4 aliphatic heterocycles. The Morgan fingerprint density at radius 3 is 2.40 bits per heavy atom. The van der Waals surface area contributed by atoms with Gasteiger partial charge in [0.25, 0.3) is 5.91 Å². The van der Waals surface area contributed by atoms with E-state index >= 15 is 0 Å². The molecule has 1 aromatic rings. The van der Waals surface area contributed by atoms with Crippen LogP contribution in [0.5, 0.6) is 0 Å². The minimum absolute atomic E-state index is 0.0413. The first kappa shape index (κ1) is 30.7. The van der Waals surface area contributed by atoms with Gasteiger partial charge >= 0.3 is 5.97 Å². The lowest BCUT2D eigenvalue weighted by Gasteiger charge is -2.41. The van der Waals surface area contributed by atoms with E-state index in [-0.39, 0.29) is 30.3 Å². The Hall–Kier alpha value is -2.78. The summed E-state index contributed by atoms with van der Waals surface area (Å²) in [4.78, 5) is 48.8. The van der Waals surface area contributed by atoms with Crippen molar-refractivity contribution in [1.82, 2.24) is 4.90 Å². The molecule has 2 amide bonds. The SMILES string of the molecule is CC[C@H](C)[C@H](CO)N1C(=O)[C@@H]2[C@H]3C(=O)OCCC/C=C\[C@@]3(C)S[C@@]23C=CCN(c2ccc(N(CC)CC)cc2)C(=O)C13. The van der Waals surface area contributed by atoms with E-state index in [1.165, 1.54) is 0 Å². The van der Waals surface area contributed by atoms with Crippen molar-refractivity contribution in [3.63, 3.8) is 0 Å². The number of hydrogen-bond acceptors (Lipinski definition) is 7. The zero-order valence-electron chi connectivity index (χ0n) is 25.5. The van der Waals surface area contributed by atoms with E-state index in [4.69, 9.17) is 4.74 Å². The fraction of sp³-hybridized carbons (Fsp3) is 0.606. The summed E-state index contributed by atoms with van der Waals surface area (Å²) in [6.45, 7) is 12.4. The molecule has 1 unspecified atom stereocenters. The number of benzene rings is 1. The summed E-state index contributed by atoms with van der Waals surface area (Å²) < 4.78 is 4.03. The Morgan fingerprint density at radius 2 is 1.76 bits per heavy atom. The molecular formula is C33H45N3O5S. The van der Waals surface area contributed by atoms with Gasteiger partial charge in [-0.15, -0.1) is 11.8 Å². The van der Waals surface area contributed by atoms with E-state index < -0.39 is 33.4 Å². The van der Waals surface area contributed by atoms with Gasteiger partial charge < -0.3 is 24.5 Å². The number of nitrogens with zero attached hydrogens (tertiary/aromatic N) is 3. The number of thioether (sulfide) groups is 1. The number of aliphatic hydroxyl groups is 1. The predicted molar refractivity (Wildman–Crippen MR) is 167 cm³/mol. The number of anilines is 2. The summed E-state index contributed by atoms with van der Waals surface area (Å²) in [5.74, 6) is -2.39. The van der Waals surface area contributed by atoms with Crippen LogP contribution in [0.15, 0.2) is 48.6 Å². The van der Waals surface area contributed by atoms with Crippen molar-refractivity contribution in [2.45, 2.75) is 75.5 Å². The predicted octanol–water partition coefficient (Wildman–Crippen LogP) is 4.42. The van der Waals surface area contributed by atoms with Crippen LogP contribution in [0.4, 0.5) is 11.4 Å². The molecule has 9 heteroatoms. The highest BCUT2D eigenvalue weighted by Crippen LogP contribution is 2.65. The molecule has 0 bridgehead atoms. The van der Waals surface area contributed by atoms with E-state index in [0.29, 0.717) is 13.2 Å². The average molecular weight is 596 g/mol. The molecule has 0 saturated carbocycles. The molecule has 1 spiro atoms. The summed E-state index contributed by atoms with van der Waals surface area (Å²) in [5, 5.41) is 10.6. The highest BCUT2D eigenvalue weighted by molar-refractivity contribution is 8.02. The van der Waals surface area contributed by atoms with Gasteiger partial charge in [0.05, 0.1) is 35.8 Å². The van der Waals surface area contributed by atoms with Crippen LogP contribution in [0.1, 0.15) is 53.9 Å². The number of allylic oxidation sites excluding steroid dienone is 1. The van der Waals surface area contributed by atoms with Gasteiger partial charge in [0, 0.05) is 35.8 Å². The molecule has 0 aliphatic carbocycles. The van der Waals surface area contributed by atoms with Gasteiger partial charge in [0.1, 0.15) is 6.04 Å². The molecule has 0 aromatic heterocycles. The molecule has 7 atom stereocenters. The first-order valence-electron chi connectivity index (χ1n) is 15.5. The number of hydrogen-bond donors (Lipinski definition) is 1.